The maximum absolute atomic E-state index is 9.99. The number of nitrogens with zero attached hydrogens (tertiary/aromatic N) is 1. The van der Waals surface area contributed by atoms with Gasteiger partial charge < -0.3 is 13.6 Å². The van der Waals surface area contributed by atoms with Gasteiger partial charge in [-0.1, -0.05) is 48.5 Å². The third kappa shape index (κ3) is 3.83. The molecule has 0 radical (unpaired) electrons. The van der Waals surface area contributed by atoms with Gasteiger partial charge in [-0.3, -0.25) is 0 Å². The highest BCUT2D eigenvalue weighted by Crippen LogP contribution is 2.39. The number of hydrogen-bond donors (Lipinski definition) is 0. The van der Waals surface area contributed by atoms with E-state index < -0.39 is 0 Å². The van der Waals surface area contributed by atoms with Gasteiger partial charge in [0.25, 0.3) is 0 Å². The average Bonchev–Trinajstić information content (AvgIpc) is 3.61. The molecular formula is C38H23NO3. The van der Waals surface area contributed by atoms with Gasteiger partial charge in [-0.25, -0.2) is 0 Å². The van der Waals surface area contributed by atoms with E-state index in [0.29, 0.717) is 11.3 Å². The first-order chi connectivity index (χ1) is 20.7. The molecule has 0 aliphatic carbocycles. The van der Waals surface area contributed by atoms with Crippen LogP contribution in [0.4, 0.5) is 0 Å². The van der Waals surface area contributed by atoms with E-state index in [-0.39, 0.29) is 0 Å². The van der Waals surface area contributed by atoms with Gasteiger partial charge >= 0.3 is 0 Å². The predicted octanol–water partition coefficient (Wildman–Crippen LogP) is 10.4. The minimum Gasteiger partial charge on any atom is -0.497 e. The van der Waals surface area contributed by atoms with Crippen molar-refractivity contribution in [3.8, 4) is 45.2 Å². The van der Waals surface area contributed by atoms with Gasteiger partial charge in [0.15, 0.2) is 0 Å². The van der Waals surface area contributed by atoms with Crippen molar-refractivity contribution in [3.63, 3.8) is 0 Å². The van der Waals surface area contributed by atoms with E-state index in [1.807, 2.05) is 66.7 Å². The number of hydrogen-bond acceptors (Lipinski definition) is 4. The van der Waals surface area contributed by atoms with Gasteiger partial charge in [-0.2, -0.15) is 5.26 Å². The van der Waals surface area contributed by atoms with Crippen LogP contribution >= 0.6 is 0 Å². The molecule has 4 heteroatoms. The molecule has 0 aliphatic rings. The molecule has 0 fully saturated rings. The second-order valence-corrected chi connectivity index (χ2v) is 10.4. The highest BCUT2D eigenvalue weighted by Gasteiger charge is 2.15. The van der Waals surface area contributed by atoms with Crippen LogP contribution in [0, 0.1) is 11.3 Å². The Labute approximate surface area is 241 Å². The van der Waals surface area contributed by atoms with Crippen LogP contribution in [0.5, 0.6) is 5.75 Å². The first kappa shape index (κ1) is 24.0. The second-order valence-electron chi connectivity index (χ2n) is 10.4. The van der Waals surface area contributed by atoms with Crippen LogP contribution in [0.3, 0.4) is 0 Å². The lowest BCUT2D eigenvalue weighted by atomic mass is 9.91. The van der Waals surface area contributed by atoms with E-state index in [1.165, 1.54) is 0 Å². The molecule has 0 atom stereocenters. The zero-order valence-electron chi connectivity index (χ0n) is 22.7. The summed E-state index contributed by atoms with van der Waals surface area (Å²) in [6, 6.07) is 43.3. The fraction of sp³-hybridized carbons (Fsp3) is 0.0263. The number of fused-ring (bicyclic) bond motifs is 6. The second kappa shape index (κ2) is 9.40. The number of rotatable bonds is 4. The average molecular weight is 542 g/mol. The highest BCUT2D eigenvalue weighted by atomic mass is 16.5. The Kier molecular flexibility index (Phi) is 5.38. The maximum atomic E-state index is 9.99. The topological polar surface area (TPSA) is 59.3 Å². The standard InChI is InChI=1S/C38H23NO3/c1-40-29-13-10-25(22-39)32(21-29)28-17-26(23-11-14-37-33(19-23)30-6-2-4-8-35(30)41-37)16-27(18-28)24-12-15-38-34(20-24)31-7-3-5-9-36(31)42-38/h2-21H,1H3. The van der Waals surface area contributed by atoms with Gasteiger partial charge in [-0.15, -0.1) is 0 Å². The molecule has 0 N–H and O–H groups in total. The fourth-order valence-corrected chi connectivity index (χ4v) is 5.91. The maximum Gasteiger partial charge on any atom is 0.135 e. The van der Waals surface area contributed by atoms with Crippen LogP contribution in [-0.2, 0) is 0 Å². The van der Waals surface area contributed by atoms with Crippen LogP contribution < -0.4 is 4.74 Å². The summed E-state index contributed by atoms with van der Waals surface area (Å²) in [7, 11) is 1.64. The number of para-hydroxylation sites is 2. The van der Waals surface area contributed by atoms with Crippen LogP contribution in [0.15, 0.2) is 130 Å². The molecule has 0 unspecified atom stereocenters. The third-order valence-corrected chi connectivity index (χ3v) is 8.01. The summed E-state index contributed by atoms with van der Waals surface area (Å²) in [5, 5.41) is 14.3. The zero-order chi connectivity index (χ0) is 28.2. The summed E-state index contributed by atoms with van der Waals surface area (Å²) in [4.78, 5) is 0. The predicted molar refractivity (Wildman–Crippen MR) is 169 cm³/mol. The highest BCUT2D eigenvalue weighted by molar-refractivity contribution is 6.07. The molecular weight excluding hydrogens is 518 g/mol. The summed E-state index contributed by atoms with van der Waals surface area (Å²) in [6.07, 6.45) is 0. The molecule has 4 nitrogen and oxygen atoms in total. The van der Waals surface area contributed by atoms with Gasteiger partial charge in [0.1, 0.15) is 28.1 Å². The molecule has 42 heavy (non-hydrogen) atoms. The summed E-state index contributed by atoms with van der Waals surface area (Å²) in [5.41, 5.74) is 10.0. The molecule has 8 aromatic rings. The number of nitriles is 1. The minimum atomic E-state index is 0.589. The lowest BCUT2D eigenvalue weighted by Crippen LogP contribution is -1.91. The number of furan rings is 2. The molecule has 0 saturated carbocycles. The van der Waals surface area contributed by atoms with Crippen molar-refractivity contribution in [1.82, 2.24) is 0 Å². The van der Waals surface area contributed by atoms with Crippen LogP contribution in [0.1, 0.15) is 5.56 Å². The number of ether oxygens (including phenoxy) is 1. The molecule has 6 aromatic carbocycles. The SMILES string of the molecule is COc1ccc(C#N)c(-c2cc(-c3ccc4oc5ccccc5c4c3)cc(-c3ccc4oc5ccccc5c4c3)c2)c1. The monoisotopic (exact) mass is 541 g/mol. The van der Waals surface area contributed by atoms with Crippen molar-refractivity contribution in [2.24, 2.45) is 0 Å². The normalized spacial score (nSPS) is 11.4. The van der Waals surface area contributed by atoms with E-state index in [1.54, 1.807) is 7.11 Å². The van der Waals surface area contributed by atoms with E-state index in [2.05, 4.69) is 60.7 Å². The lowest BCUT2D eigenvalue weighted by Gasteiger charge is -2.13. The Balaban J connectivity index is 1.38. The molecule has 0 saturated heterocycles. The van der Waals surface area contributed by atoms with E-state index >= 15 is 0 Å². The number of benzene rings is 6. The van der Waals surface area contributed by atoms with Gasteiger partial charge in [0.05, 0.1) is 18.7 Å². The van der Waals surface area contributed by atoms with Gasteiger partial charge in [-0.05, 0) is 101 Å². The molecule has 0 bridgehead atoms. The number of methoxy groups -OCH3 is 1. The molecule has 0 amide bonds. The Morgan fingerprint density at radius 3 is 1.57 bits per heavy atom. The Bertz CT molecular complexity index is 2240. The molecule has 198 valence electrons. The summed E-state index contributed by atoms with van der Waals surface area (Å²) < 4.78 is 17.7. The van der Waals surface area contributed by atoms with Crippen LogP contribution in [0.25, 0.3) is 77.3 Å². The molecule has 0 aliphatic heterocycles. The van der Waals surface area contributed by atoms with Crippen molar-refractivity contribution in [2.45, 2.75) is 0 Å². The Morgan fingerprint density at radius 1 is 0.500 bits per heavy atom. The molecule has 2 aromatic heterocycles. The van der Waals surface area contributed by atoms with Gasteiger partial charge in [0, 0.05) is 27.1 Å². The summed E-state index contributed by atoms with van der Waals surface area (Å²) in [5.74, 6) is 0.702. The zero-order valence-corrected chi connectivity index (χ0v) is 22.7. The first-order valence-electron chi connectivity index (χ1n) is 13.8. The van der Waals surface area contributed by atoms with Crippen molar-refractivity contribution in [3.05, 3.63) is 127 Å². The van der Waals surface area contributed by atoms with E-state index in [4.69, 9.17) is 13.6 Å². The van der Waals surface area contributed by atoms with E-state index in [9.17, 15) is 5.26 Å². The third-order valence-electron chi connectivity index (χ3n) is 8.01. The summed E-state index contributed by atoms with van der Waals surface area (Å²) >= 11 is 0. The van der Waals surface area contributed by atoms with Crippen LogP contribution in [-0.4, -0.2) is 7.11 Å². The van der Waals surface area contributed by atoms with Crippen molar-refractivity contribution in [1.29, 1.82) is 5.26 Å². The molecule has 8 rings (SSSR count). The smallest absolute Gasteiger partial charge is 0.135 e. The summed E-state index contributed by atoms with van der Waals surface area (Å²) in [6.45, 7) is 0. The molecule has 2 heterocycles. The van der Waals surface area contributed by atoms with E-state index in [0.717, 1.165) is 77.3 Å². The lowest BCUT2D eigenvalue weighted by molar-refractivity contribution is 0.415. The largest absolute Gasteiger partial charge is 0.497 e. The Hall–Kier alpha value is -5.79. The fourth-order valence-electron chi connectivity index (χ4n) is 5.91. The quantitative estimate of drug-likeness (QED) is 0.222. The van der Waals surface area contributed by atoms with Crippen molar-refractivity contribution >= 4 is 43.9 Å². The Morgan fingerprint density at radius 2 is 1.02 bits per heavy atom. The first-order valence-corrected chi connectivity index (χ1v) is 13.8. The van der Waals surface area contributed by atoms with Gasteiger partial charge in [0.2, 0.25) is 0 Å². The van der Waals surface area contributed by atoms with Crippen molar-refractivity contribution < 1.29 is 13.6 Å². The molecule has 0 spiro atoms. The minimum absolute atomic E-state index is 0.589. The van der Waals surface area contributed by atoms with Crippen LogP contribution in [0.2, 0.25) is 0 Å². The van der Waals surface area contributed by atoms with Crippen molar-refractivity contribution in [2.75, 3.05) is 7.11 Å².